The molecule has 1 fully saturated rings. The number of likely N-dealkylation sites (tertiary alicyclic amines) is 1. The minimum atomic E-state index is -0.200. The van der Waals surface area contributed by atoms with Gasteiger partial charge in [0, 0.05) is 49.3 Å². The summed E-state index contributed by atoms with van der Waals surface area (Å²) in [7, 11) is 0. The van der Waals surface area contributed by atoms with Crippen LogP contribution in [0, 0.1) is 5.92 Å². The predicted octanol–water partition coefficient (Wildman–Crippen LogP) is 3.90. The quantitative estimate of drug-likeness (QED) is 0.668. The number of nitrogens with zero attached hydrogens (tertiary/aromatic N) is 4. The number of carbonyl (C=O) groups excluding carboxylic acids is 2. The molecule has 0 spiro atoms. The van der Waals surface area contributed by atoms with Crippen molar-refractivity contribution in [2.45, 2.75) is 26.7 Å². The molecule has 7 nitrogen and oxygen atoms in total. The van der Waals surface area contributed by atoms with Crippen molar-refractivity contribution in [1.82, 2.24) is 19.8 Å². The minimum absolute atomic E-state index is 0.138. The summed E-state index contributed by atoms with van der Waals surface area (Å²) < 4.78 is 0. The van der Waals surface area contributed by atoms with Gasteiger partial charge in [-0.2, -0.15) is 0 Å². The normalized spacial score (nSPS) is 16.6. The molecule has 1 unspecified atom stereocenters. The molecule has 3 heterocycles. The first-order chi connectivity index (χ1) is 14.6. The third-order valence-electron chi connectivity index (χ3n) is 5.85. The number of hydrogen-bond acceptors (Lipinski definition) is 4. The number of fused-ring (bicyclic) bond motifs is 3. The Morgan fingerprint density at radius 3 is 2.63 bits per heavy atom. The lowest BCUT2D eigenvalue weighted by molar-refractivity contribution is -0.136. The highest BCUT2D eigenvalue weighted by Crippen LogP contribution is 2.30. The van der Waals surface area contributed by atoms with Gasteiger partial charge < -0.3 is 15.1 Å². The number of nitrogens with one attached hydrogen (secondary N) is 1. The first-order valence-corrected chi connectivity index (χ1v) is 10.6. The third-order valence-corrected chi connectivity index (χ3v) is 5.85. The zero-order chi connectivity index (χ0) is 21.1. The lowest BCUT2D eigenvalue weighted by Crippen LogP contribution is -2.48. The SMILES string of the molecule is CCN(CC)C(=O)C1CCCN(C(=O)Nc2cc3ncccc3c3cccnc23)C1. The van der Waals surface area contributed by atoms with Gasteiger partial charge in [0.1, 0.15) is 0 Å². The molecule has 2 aromatic heterocycles. The molecule has 1 saturated heterocycles. The number of piperidine rings is 1. The fraction of sp³-hybridized carbons (Fsp3) is 0.391. The monoisotopic (exact) mass is 405 g/mol. The highest BCUT2D eigenvalue weighted by Gasteiger charge is 2.30. The van der Waals surface area contributed by atoms with E-state index in [0.29, 0.717) is 31.9 Å². The van der Waals surface area contributed by atoms with Crippen molar-refractivity contribution < 1.29 is 9.59 Å². The molecule has 7 heteroatoms. The van der Waals surface area contributed by atoms with E-state index in [0.717, 1.165) is 34.6 Å². The van der Waals surface area contributed by atoms with E-state index in [9.17, 15) is 9.59 Å². The Hall–Kier alpha value is -3.22. The molecule has 1 aliphatic rings. The number of aromatic nitrogens is 2. The van der Waals surface area contributed by atoms with Crippen LogP contribution in [0.25, 0.3) is 21.8 Å². The third kappa shape index (κ3) is 3.79. The van der Waals surface area contributed by atoms with Crippen LogP contribution in [0.15, 0.2) is 42.7 Å². The van der Waals surface area contributed by atoms with Crippen LogP contribution in [0.5, 0.6) is 0 Å². The summed E-state index contributed by atoms with van der Waals surface area (Å²) in [5, 5.41) is 4.97. The Kier molecular flexibility index (Phi) is 5.79. The van der Waals surface area contributed by atoms with Crippen LogP contribution in [0.2, 0.25) is 0 Å². The number of hydrogen-bond donors (Lipinski definition) is 1. The number of anilines is 1. The van der Waals surface area contributed by atoms with Gasteiger partial charge in [0.05, 0.1) is 22.6 Å². The number of amides is 3. The Morgan fingerprint density at radius 2 is 1.87 bits per heavy atom. The van der Waals surface area contributed by atoms with Crippen molar-refractivity contribution in [2.24, 2.45) is 5.92 Å². The topological polar surface area (TPSA) is 78.4 Å². The zero-order valence-electron chi connectivity index (χ0n) is 17.5. The molecule has 1 aliphatic heterocycles. The summed E-state index contributed by atoms with van der Waals surface area (Å²) >= 11 is 0. The van der Waals surface area contributed by atoms with E-state index in [1.807, 2.05) is 49.1 Å². The first kappa shape index (κ1) is 20.1. The van der Waals surface area contributed by atoms with Crippen molar-refractivity contribution in [3.8, 4) is 0 Å². The second-order valence-corrected chi connectivity index (χ2v) is 7.62. The molecule has 0 aliphatic carbocycles. The Labute approximate surface area is 176 Å². The lowest BCUT2D eigenvalue weighted by atomic mass is 9.96. The molecule has 30 heavy (non-hydrogen) atoms. The van der Waals surface area contributed by atoms with Gasteiger partial charge in [-0.05, 0) is 44.9 Å². The molecule has 3 aromatic rings. The largest absolute Gasteiger partial charge is 0.343 e. The first-order valence-electron chi connectivity index (χ1n) is 10.6. The molecular formula is C23H27N5O2. The second-order valence-electron chi connectivity index (χ2n) is 7.62. The second kappa shape index (κ2) is 8.65. The number of urea groups is 1. The van der Waals surface area contributed by atoms with Gasteiger partial charge in [0.15, 0.2) is 0 Å². The molecule has 1 atom stereocenters. The summed E-state index contributed by atoms with van der Waals surface area (Å²) in [6.07, 6.45) is 5.11. The summed E-state index contributed by atoms with van der Waals surface area (Å²) in [4.78, 5) is 38.4. The molecule has 1 N–H and O–H groups in total. The zero-order valence-corrected chi connectivity index (χ0v) is 17.5. The van der Waals surface area contributed by atoms with E-state index >= 15 is 0 Å². The van der Waals surface area contributed by atoms with E-state index < -0.39 is 0 Å². The fourth-order valence-electron chi connectivity index (χ4n) is 4.25. The van der Waals surface area contributed by atoms with Gasteiger partial charge in [-0.1, -0.05) is 12.1 Å². The summed E-state index contributed by atoms with van der Waals surface area (Å²) in [6, 6.07) is 9.44. The molecule has 3 amide bonds. The van der Waals surface area contributed by atoms with Crippen molar-refractivity contribution in [3.05, 3.63) is 42.7 Å². The molecular weight excluding hydrogens is 378 g/mol. The van der Waals surface area contributed by atoms with Crippen LogP contribution in [-0.2, 0) is 4.79 Å². The fourth-order valence-corrected chi connectivity index (χ4v) is 4.25. The molecule has 0 bridgehead atoms. The highest BCUT2D eigenvalue weighted by atomic mass is 16.2. The van der Waals surface area contributed by atoms with E-state index in [2.05, 4.69) is 15.3 Å². The average Bonchev–Trinajstić information content (AvgIpc) is 2.80. The summed E-state index contributed by atoms with van der Waals surface area (Å²) in [5.74, 6) is -0.00272. The van der Waals surface area contributed by atoms with Crippen molar-refractivity contribution in [1.29, 1.82) is 0 Å². The van der Waals surface area contributed by atoms with Gasteiger partial charge in [0.25, 0.3) is 0 Å². The molecule has 156 valence electrons. The predicted molar refractivity (Wildman–Crippen MR) is 118 cm³/mol. The molecule has 4 rings (SSSR count). The maximum absolute atomic E-state index is 13.1. The maximum atomic E-state index is 13.1. The van der Waals surface area contributed by atoms with Crippen LogP contribution in [0.1, 0.15) is 26.7 Å². The van der Waals surface area contributed by atoms with Crippen LogP contribution in [0.4, 0.5) is 10.5 Å². The summed E-state index contributed by atoms with van der Waals surface area (Å²) in [6.45, 7) is 6.45. The summed E-state index contributed by atoms with van der Waals surface area (Å²) in [5.41, 5.74) is 2.18. The number of benzene rings is 1. The smallest absolute Gasteiger partial charge is 0.321 e. The lowest BCUT2D eigenvalue weighted by Gasteiger charge is -2.34. The van der Waals surface area contributed by atoms with E-state index in [4.69, 9.17) is 0 Å². The van der Waals surface area contributed by atoms with Gasteiger partial charge in [0.2, 0.25) is 5.91 Å². The van der Waals surface area contributed by atoms with Gasteiger partial charge in [-0.3, -0.25) is 14.8 Å². The van der Waals surface area contributed by atoms with Crippen molar-refractivity contribution >= 4 is 39.4 Å². The van der Waals surface area contributed by atoms with Gasteiger partial charge in [-0.15, -0.1) is 0 Å². The Balaban J connectivity index is 1.57. The molecule has 0 saturated carbocycles. The van der Waals surface area contributed by atoms with Gasteiger partial charge in [-0.25, -0.2) is 4.79 Å². The van der Waals surface area contributed by atoms with Crippen LogP contribution in [-0.4, -0.2) is 57.9 Å². The average molecular weight is 406 g/mol. The van der Waals surface area contributed by atoms with E-state index in [1.54, 1.807) is 17.3 Å². The van der Waals surface area contributed by atoms with Crippen LogP contribution in [0.3, 0.4) is 0 Å². The highest BCUT2D eigenvalue weighted by molar-refractivity contribution is 6.12. The van der Waals surface area contributed by atoms with E-state index in [-0.39, 0.29) is 17.9 Å². The maximum Gasteiger partial charge on any atom is 0.321 e. The molecule has 0 radical (unpaired) electrons. The Bertz CT molecular complexity index is 1080. The van der Waals surface area contributed by atoms with Crippen molar-refractivity contribution in [3.63, 3.8) is 0 Å². The number of rotatable bonds is 4. The molecule has 1 aromatic carbocycles. The van der Waals surface area contributed by atoms with Crippen LogP contribution < -0.4 is 5.32 Å². The van der Waals surface area contributed by atoms with E-state index in [1.165, 1.54) is 0 Å². The standard InChI is InChI=1S/C23H27N5O2/c1-3-27(4-2)22(29)16-8-7-13-28(15-16)23(30)26-20-14-19-17(9-5-11-24-19)18-10-6-12-25-21(18)20/h5-6,9-12,14,16H,3-4,7-8,13,15H2,1-2H3,(H,26,30). The number of carbonyl (C=O) groups is 2. The minimum Gasteiger partial charge on any atom is -0.343 e. The number of pyridine rings is 2. The Morgan fingerprint density at radius 1 is 1.13 bits per heavy atom. The van der Waals surface area contributed by atoms with Crippen LogP contribution >= 0.6 is 0 Å². The van der Waals surface area contributed by atoms with Gasteiger partial charge >= 0.3 is 6.03 Å². The van der Waals surface area contributed by atoms with Crippen molar-refractivity contribution in [2.75, 3.05) is 31.5 Å².